The van der Waals surface area contributed by atoms with E-state index in [1.165, 1.54) is 4.90 Å². The maximum absolute atomic E-state index is 11.6. The Bertz CT molecular complexity index is 233. The van der Waals surface area contributed by atoms with Crippen LogP contribution in [0.4, 0.5) is 0 Å². The Morgan fingerprint density at radius 1 is 1.50 bits per heavy atom. The fourth-order valence-electron chi connectivity index (χ4n) is 1.12. The first-order chi connectivity index (χ1) is 7.52. The first-order valence-electron chi connectivity index (χ1n) is 5.23. The van der Waals surface area contributed by atoms with E-state index in [0.29, 0.717) is 13.2 Å². The standard InChI is InChI=1S/C10H21N3O3/c1-8(6-11)10(15)13(2)7-9(14)12-4-5-16-3/h8H,4-7,11H2,1-3H3,(H,12,14). The third kappa shape index (κ3) is 5.67. The van der Waals surface area contributed by atoms with Gasteiger partial charge in [0.15, 0.2) is 0 Å². The SMILES string of the molecule is COCCNC(=O)CN(C)C(=O)C(C)CN. The second-order valence-corrected chi connectivity index (χ2v) is 3.67. The normalized spacial score (nSPS) is 12.0. The molecule has 1 atom stereocenters. The Labute approximate surface area is 96.1 Å². The molecule has 94 valence electrons. The highest BCUT2D eigenvalue weighted by atomic mass is 16.5. The summed E-state index contributed by atoms with van der Waals surface area (Å²) >= 11 is 0. The Kier molecular flexibility index (Phi) is 7.49. The minimum absolute atomic E-state index is 0.0485. The summed E-state index contributed by atoms with van der Waals surface area (Å²) in [6, 6.07) is 0. The summed E-state index contributed by atoms with van der Waals surface area (Å²) in [5.41, 5.74) is 5.38. The summed E-state index contributed by atoms with van der Waals surface area (Å²) in [5.74, 6) is -0.571. The Morgan fingerprint density at radius 3 is 2.62 bits per heavy atom. The Hall–Kier alpha value is -1.14. The van der Waals surface area contributed by atoms with Gasteiger partial charge in [0.2, 0.25) is 11.8 Å². The molecule has 0 saturated carbocycles. The van der Waals surface area contributed by atoms with E-state index in [1.807, 2.05) is 0 Å². The molecule has 16 heavy (non-hydrogen) atoms. The van der Waals surface area contributed by atoms with Gasteiger partial charge in [-0.05, 0) is 0 Å². The highest BCUT2D eigenvalue weighted by molar-refractivity contribution is 5.85. The molecule has 0 fully saturated rings. The zero-order valence-electron chi connectivity index (χ0n) is 10.2. The topological polar surface area (TPSA) is 84.7 Å². The Balaban J connectivity index is 3.89. The molecule has 0 aliphatic carbocycles. The average molecular weight is 231 g/mol. The first-order valence-corrected chi connectivity index (χ1v) is 5.23. The van der Waals surface area contributed by atoms with Crippen LogP contribution in [-0.2, 0) is 14.3 Å². The minimum atomic E-state index is -0.253. The third-order valence-corrected chi connectivity index (χ3v) is 2.16. The van der Waals surface area contributed by atoms with Crippen molar-refractivity contribution in [1.29, 1.82) is 0 Å². The van der Waals surface area contributed by atoms with Crippen LogP contribution in [0.25, 0.3) is 0 Å². The molecule has 1 unspecified atom stereocenters. The van der Waals surface area contributed by atoms with Crippen LogP contribution in [0.2, 0.25) is 0 Å². The van der Waals surface area contributed by atoms with E-state index < -0.39 is 0 Å². The smallest absolute Gasteiger partial charge is 0.239 e. The minimum Gasteiger partial charge on any atom is -0.383 e. The molecule has 2 amide bonds. The van der Waals surface area contributed by atoms with Crippen LogP contribution in [0.5, 0.6) is 0 Å². The predicted octanol–water partition coefficient (Wildman–Crippen LogP) is -1.20. The number of hydrogen-bond acceptors (Lipinski definition) is 4. The zero-order valence-corrected chi connectivity index (χ0v) is 10.2. The molecule has 0 bridgehead atoms. The summed E-state index contributed by atoms with van der Waals surface area (Å²) in [7, 11) is 3.15. The van der Waals surface area contributed by atoms with E-state index in [4.69, 9.17) is 10.5 Å². The van der Waals surface area contributed by atoms with E-state index in [9.17, 15) is 9.59 Å². The largest absolute Gasteiger partial charge is 0.383 e. The van der Waals surface area contributed by atoms with Crippen molar-refractivity contribution in [3.63, 3.8) is 0 Å². The molecule has 0 aromatic carbocycles. The van der Waals surface area contributed by atoms with Gasteiger partial charge in [0.05, 0.1) is 13.2 Å². The highest BCUT2D eigenvalue weighted by Crippen LogP contribution is 1.97. The molecule has 0 aliphatic heterocycles. The maximum Gasteiger partial charge on any atom is 0.239 e. The summed E-state index contributed by atoms with van der Waals surface area (Å²) in [6.07, 6.45) is 0. The number of methoxy groups -OCH3 is 1. The molecule has 0 aromatic heterocycles. The molecule has 0 saturated heterocycles. The third-order valence-electron chi connectivity index (χ3n) is 2.16. The molecule has 6 nitrogen and oxygen atoms in total. The number of rotatable bonds is 7. The lowest BCUT2D eigenvalue weighted by atomic mass is 10.1. The summed E-state index contributed by atoms with van der Waals surface area (Å²) < 4.78 is 4.79. The van der Waals surface area contributed by atoms with Crippen molar-refractivity contribution >= 4 is 11.8 Å². The van der Waals surface area contributed by atoms with Crippen molar-refractivity contribution < 1.29 is 14.3 Å². The van der Waals surface area contributed by atoms with Crippen LogP contribution in [0.3, 0.4) is 0 Å². The molecule has 3 N–H and O–H groups in total. The number of likely N-dealkylation sites (N-methyl/N-ethyl adjacent to an activating group) is 1. The van der Waals surface area contributed by atoms with Crippen molar-refractivity contribution in [2.75, 3.05) is 40.4 Å². The molecule has 6 heteroatoms. The van der Waals surface area contributed by atoms with Crippen molar-refractivity contribution in [1.82, 2.24) is 10.2 Å². The molecule has 0 heterocycles. The van der Waals surface area contributed by atoms with Gasteiger partial charge in [-0.3, -0.25) is 9.59 Å². The maximum atomic E-state index is 11.6. The van der Waals surface area contributed by atoms with Gasteiger partial charge < -0.3 is 20.7 Å². The molecular formula is C10H21N3O3. The van der Waals surface area contributed by atoms with Crippen LogP contribution >= 0.6 is 0 Å². The summed E-state index contributed by atoms with van der Waals surface area (Å²) in [5, 5.41) is 2.64. The number of nitrogens with zero attached hydrogens (tertiary/aromatic N) is 1. The molecule has 0 aromatic rings. The number of nitrogens with two attached hydrogens (primary N) is 1. The van der Waals surface area contributed by atoms with Crippen LogP contribution < -0.4 is 11.1 Å². The van der Waals surface area contributed by atoms with E-state index in [2.05, 4.69) is 5.32 Å². The fraction of sp³-hybridized carbons (Fsp3) is 0.800. The van der Waals surface area contributed by atoms with E-state index in [1.54, 1.807) is 21.1 Å². The summed E-state index contributed by atoms with van der Waals surface area (Å²) in [4.78, 5) is 24.3. The van der Waals surface area contributed by atoms with Crippen molar-refractivity contribution in [3.8, 4) is 0 Å². The Morgan fingerprint density at radius 2 is 2.12 bits per heavy atom. The van der Waals surface area contributed by atoms with Crippen LogP contribution in [0.15, 0.2) is 0 Å². The number of ether oxygens (including phenoxy) is 1. The monoisotopic (exact) mass is 231 g/mol. The van der Waals surface area contributed by atoms with Gasteiger partial charge in [-0.15, -0.1) is 0 Å². The quantitative estimate of drug-likeness (QED) is 0.539. The lowest BCUT2D eigenvalue weighted by Crippen LogP contribution is -2.42. The second kappa shape index (κ2) is 8.06. The lowest BCUT2D eigenvalue weighted by molar-refractivity contribution is -0.137. The molecule has 0 spiro atoms. The van der Waals surface area contributed by atoms with Gasteiger partial charge in [-0.25, -0.2) is 0 Å². The van der Waals surface area contributed by atoms with Gasteiger partial charge in [0.1, 0.15) is 0 Å². The zero-order chi connectivity index (χ0) is 12.6. The first kappa shape index (κ1) is 14.9. The van der Waals surface area contributed by atoms with E-state index in [-0.39, 0.29) is 30.8 Å². The predicted molar refractivity (Wildman–Crippen MR) is 60.7 cm³/mol. The number of carbonyl (C=O) groups is 2. The fourth-order valence-corrected chi connectivity index (χ4v) is 1.12. The number of carbonyl (C=O) groups excluding carboxylic acids is 2. The van der Waals surface area contributed by atoms with Crippen molar-refractivity contribution in [3.05, 3.63) is 0 Å². The van der Waals surface area contributed by atoms with E-state index in [0.717, 1.165) is 0 Å². The van der Waals surface area contributed by atoms with Crippen LogP contribution in [0.1, 0.15) is 6.92 Å². The molecule has 0 aliphatic rings. The van der Waals surface area contributed by atoms with Gasteiger partial charge in [-0.1, -0.05) is 6.92 Å². The molecular weight excluding hydrogens is 210 g/mol. The molecule has 0 radical (unpaired) electrons. The lowest BCUT2D eigenvalue weighted by Gasteiger charge is -2.19. The molecule has 0 rings (SSSR count). The number of nitrogens with one attached hydrogen (secondary N) is 1. The van der Waals surface area contributed by atoms with Crippen molar-refractivity contribution in [2.45, 2.75) is 6.92 Å². The number of amides is 2. The second-order valence-electron chi connectivity index (χ2n) is 3.67. The van der Waals surface area contributed by atoms with Crippen LogP contribution in [0, 0.1) is 5.92 Å². The van der Waals surface area contributed by atoms with Gasteiger partial charge in [0, 0.05) is 33.2 Å². The van der Waals surface area contributed by atoms with Crippen LogP contribution in [-0.4, -0.2) is 57.1 Å². The number of hydrogen-bond donors (Lipinski definition) is 2. The van der Waals surface area contributed by atoms with E-state index >= 15 is 0 Å². The average Bonchev–Trinajstić information content (AvgIpc) is 2.27. The van der Waals surface area contributed by atoms with Gasteiger partial charge in [0.25, 0.3) is 0 Å². The highest BCUT2D eigenvalue weighted by Gasteiger charge is 2.17. The summed E-state index contributed by atoms with van der Waals surface area (Å²) in [6.45, 7) is 2.98. The van der Waals surface area contributed by atoms with Gasteiger partial charge >= 0.3 is 0 Å². The van der Waals surface area contributed by atoms with Gasteiger partial charge in [-0.2, -0.15) is 0 Å². The van der Waals surface area contributed by atoms with Crippen molar-refractivity contribution in [2.24, 2.45) is 11.7 Å².